The Bertz CT molecular complexity index is 899. The normalized spacial score (nSPS) is 14.4. The summed E-state index contributed by atoms with van der Waals surface area (Å²) in [6.45, 7) is 3.33. The lowest BCUT2D eigenvalue weighted by molar-refractivity contribution is -0.384. The first kappa shape index (κ1) is 20.8. The van der Waals surface area contributed by atoms with Crippen molar-refractivity contribution in [1.82, 2.24) is 15.1 Å². The number of carbonyl (C=O) groups excluding carboxylic acids is 2. The molecule has 0 saturated carbocycles. The second-order valence-corrected chi connectivity index (χ2v) is 7.15. The molecule has 0 spiro atoms. The van der Waals surface area contributed by atoms with Crippen LogP contribution in [0.2, 0.25) is 5.02 Å². The highest BCUT2D eigenvalue weighted by atomic mass is 35.5. The minimum absolute atomic E-state index is 0.0265. The number of nitro groups is 1. The zero-order valence-corrected chi connectivity index (χ0v) is 16.5. The predicted octanol–water partition coefficient (Wildman–Crippen LogP) is 2.32. The molecule has 2 aromatic rings. The molecule has 0 unspecified atom stereocenters. The van der Waals surface area contributed by atoms with Crippen LogP contribution in [0.5, 0.6) is 0 Å². The van der Waals surface area contributed by atoms with Crippen LogP contribution in [0.15, 0.2) is 48.5 Å². The van der Waals surface area contributed by atoms with Gasteiger partial charge in [0.2, 0.25) is 5.91 Å². The molecule has 3 rings (SSSR count). The number of benzene rings is 2. The molecule has 1 fully saturated rings. The maximum Gasteiger partial charge on any atom is 0.270 e. The molecule has 1 heterocycles. The summed E-state index contributed by atoms with van der Waals surface area (Å²) >= 11 is 5.96. The second kappa shape index (κ2) is 9.49. The molecule has 1 saturated heterocycles. The molecule has 0 aromatic heterocycles. The Hall–Kier alpha value is -2.97. The molecular formula is C20H21ClN4O4. The highest BCUT2D eigenvalue weighted by Gasteiger charge is 2.22. The highest BCUT2D eigenvalue weighted by molar-refractivity contribution is 6.34. The van der Waals surface area contributed by atoms with Gasteiger partial charge in [0.25, 0.3) is 11.6 Å². The molecular weight excluding hydrogens is 396 g/mol. The van der Waals surface area contributed by atoms with Gasteiger partial charge in [-0.2, -0.15) is 0 Å². The van der Waals surface area contributed by atoms with Crippen LogP contribution in [0.25, 0.3) is 0 Å². The molecule has 152 valence electrons. The van der Waals surface area contributed by atoms with E-state index in [0.29, 0.717) is 13.1 Å². The molecule has 1 aliphatic rings. The van der Waals surface area contributed by atoms with E-state index in [0.717, 1.165) is 25.7 Å². The van der Waals surface area contributed by atoms with Crippen LogP contribution in [-0.4, -0.2) is 59.3 Å². The summed E-state index contributed by atoms with van der Waals surface area (Å²) in [4.78, 5) is 38.9. The Morgan fingerprint density at radius 3 is 2.41 bits per heavy atom. The lowest BCUT2D eigenvalue weighted by Crippen LogP contribution is -2.50. The van der Waals surface area contributed by atoms with Gasteiger partial charge in [0.1, 0.15) is 0 Å². The maximum absolute atomic E-state index is 12.4. The molecule has 1 aliphatic heterocycles. The lowest BCUT2D eigenvalue weighted by atomic mass is 10.2. The van der Waals surface area contributed by atoms with E-state index in [1.807, 2.05) is 18.2 Å². The molecule has 29 heavy (non-hydrogen) atoms. The predicted molar refractivity (Wildman–Crippen MR) is 109 cm³/mol. The fourth-order valence-corrected chi connectivity index (χ4v) is 3.36. The molecule has 0 atom stereocenters. The van der Waals surface area contributed by atoms with Crippen molar-refractivity contribution in [2.75, 3.05) is 32.7 Å². The number of hydrogen-bond donors (Lipinski definition) is 1. The number of rotatable bonds is 6. The Morgan fingerprint density at radius 2 is 1.76 bits per heavy atom. The van der Waals surface area contributed by atoms with E-state index in [1.165, 1.54) is 17.7 Å². The van der Waals surface area contributed by atoms with E-state index in [-0.39, 0.29) is 28.7 Å². The monoisotopic (exact) mass is 416 g/mol. The molecule has 0 radical (unpaired) electrons. The second-order valence-electron chi connectivity index (χ2n) is 6.75. The van der Waals surface area contributed by atoms with Crippen LogP contribution in [0.4, 0.5) is 5.69 Å². The van der Waals surface area contributed by atoms with Gasteiger partial charge in [0, 0.05) is 44.9 Å². The van der Waals surface area contributed by atoms with Gasteiger partial charge in [-0.15, -0.1) is 0 Å². The first-order chi connectivity index (χ1) is 13.9. The van der Waals surface area contributed by atoms with Gasteiger partial charge in [0.15, 0.2) is 0 Å². The smallest absolute Gasteiger partial charge is 0.270 e. The van der Waals surface area contributed by atoms with Crippen molar-refractivity contribution in [3.63, 3.8) is 0 Å². The minimum Gasteiger partial charge on any atom is -0.343 e. The average Bonchev–Trinajstić information content (AvgIpc) is 2.73. The Labute approximate surface area is 173 Å². The number of non-ortho nitro benzene ring substituents is 1. The summed E-state index contributed by atoms with van der Waals surface area (Å²) < 4.78 is 0. The number of halogens is 1. The average molecular weight is 417 g/mol. The third-order valence-electron chi connectivity index (χ3n) is 4.78. The topological polar surface area (TPSA) is 95.8 Å². The number of hydrogen-bond acceptors (Lipinski definition) is 5. The van der Waals surface area contributed by atoms with Crippen LogP contribution in [0.1, 0.15) is 15.9 Å². The zero-order chi connectivity index (χ0) is 20.8. The Balaban J connectivity index is 1.48. The third-order valence-corrected chi connectivity index (χ3v) is 5.11. The molecule has 9 heteroatoms. The van der Waals surface area contributed by atoms with E-state index in [4.69, 9.17) is 11.6 Å². The van der Waals surface area contributed by atoms with Gasteiger partial charge in [-0.3, -0.25) is 24.6 Å². The molecule has 0 aliphatic carbocycles. The fourth-order valence-electron chi connectivity index (χ4n) is 3.16. The third kappa shape index (κ3) is 5.52. The standard InChI is InChI=1S/C20H21ClN4O4/c21-18-7-6-16(25(28)29)12-17(18)20(27)22-13-19(26)24-10-8-23(9-11-24)14-15-4-2-1-3-5-15/h1-7,12H,8-11,13-14H2,(H,22,27). The summed E-state index contributed by atoms with van der Waals surface area (Å²) in [6.07, 6.45) is 0. The van der Waals surface area contributed by atoms with Crippen molar-refractivity contribution in [1.29, 1.82) is 0 Å². The quantitative estimate of drug-likeness (QED) is 0.576. The molecule has 2 amide bonds. The molecule has 2 aromatic carbocycles. The van der Waals surface area contributed by atoms with Crippen molar-refractivity contribution >= 4 is 29.1 Å². The Morgan fingerprint density at radius 1 is 1.07 bits per heavy atom. The van der Waals surface area contributed by atoms with Gasteiger partial charge >= 0.3 is 0 Å². The van der Waals surface area contributed by atoms with E-state index in [9.17, 15) is 19.7 Å². The highest BCUT2D eigenvalue weighted by Crippen LogP contribution is 2.21. The molecule has 1 N–H and O–H groups in total. The maximum atomic E-state index is 12.4. The van der Waals surface area contributed by atoms with Crippen LogP contribution in [0, 0.1) is 10.1 Å². The number of nitro benzene ring substituents is 1. The number of carbonyl (C=O) groups is 2. The van der Waals surface area contributed by atoms with Crippen molar-refractivity contribution < 1.29 is 14.5 Å². The van der Waals surface area contributed by atoms with Gasteiger partial charge in [-0.05, 0) is 11.6 Å². The van der Waals surface area contributed by atoms with Crippen LogP contribution in [-0.2, 0) is 11.3 Å². The summed E-state index contributed by atoms with van der Waals surface area (Å²) in [6, 6.07) is 13.8. The number of nitrogens with one attached hydrogen (secondary N) is 1. The fraction of sp³-hybridized carbons (Fsp3) is 0.300. The summed E-state index contributed by atoms with van der Waals surface area (Å²) in [7, 11) is 0. The summed E-state index contributed by atoms with van der Waals surface area (Å²) in [5.41, 5.74) is 0.968. The largest absolute Gasteiger partial charge is 0.343 e. The Kier molecular flexibility index (Phi) is 6.79. The zero-order valence-electron chi connectivity index (χ0n) is 15.7. The van der Waals surface area contributed by atoms with E-state index < -0.39 is 10.8 Å². The van der Waals surface area contributed by atoms with Crippen molar-refractivity contribution in [2.45, 2.75) is 6.54 Å². The number of nitrogens with zero attached hydrogens (tertiary/aromatic N) is 3. The number of piperazine rings is 1. The van der Waals surface area contributed by atoms with Crippen LogP contribution < -0.4 is 5.32 Å². The van der Waals surface area contributed by atoms with Crippen LogP contribution in [0.3, 0.4) is 0 Å². The van der Waals surface area contributed by atoms with E-state index >= 15 is 0 Å². The molecule has 0 bridgehead atoms. The summed E-state index contributed by atoms with van der Waals surface area (Å²) in [5.74, 6) is -0.811. The molecule has 8 nitrogen and oxygen atoms in total. The van der Waals surface area contributed by atoms with Crippen molar-refractivity contribution in [2.24, 2.45) is 0 Å². The summed E-state index contributed by atoms with van der Waals surface area (Å²) in [5, 5.41) is 13.5. The van der Waals surface area contributed by atoms with Crippen LogP contribution >= 0.6 is 11.6 Å². The lowest BCUT2D eigenvalue weighted by Gasteiger charge is -2.34. The van der Waals surface area contributed by atoms with Gasteiger partial charge in [-0.25, -0.2) is 0 Å². The first-order valence-electron chi connectivity index (χ1n) is 9.20. The number of amides is 2. The van der Waals surface area contributed by atoms with Gasteiger partial charge in [-0.1, -0.05) is 41.9 Å². The van der Waals surface area contributed by atoms with Crippen molar-refractivity contribution in [3.8, 4) is 0 Å². The SMILES string of the molecule is O=C(NCC(=O)N1CCN(Cc2ccccc2)CC1)c1cc([N+](=O)[O-])ccc1Cl. The van der Waals surface area contributed by atoms with Gasteiger partial charge < -0.3 is 10.2 Å². The first-order valence-corrected chi connectivity index (χ1v) is 9.58. The van der Waals surface area contributed by atoms with Crippen molar-refractivity contribution in [3.05, 3.63) is 74.8 Å². The van der Waals surface area contributed by atoms with E-state index in [2.05, 4.69) is 22.3 Å². The van der Waals surface area contributed by atoms with E-state index in [1.54, 1.807) is 4.90 Å². The van der Waals surface area contributed by atoms with Gasteiger partial charge in [0.05, 0.1) is 22.1 Å². The minimum atomic E-state index is -0.616.